The molecular formula is C16H18N2O5S. The number of nitro groups is 1. The molecular weight excluding hydrogens is 332 g/mol. The lowest BCUT2D eigenvalue weighted by molar-refractivity contribution is -0.385. The molecule has 0 saturated heterocycles. The third kappa shape index (κ3) is 4.85. The van der Waals surface area contributed by atoms with Crippen LogP contribution in [0.4, 0.5) is 5.69 Å². The number of benzene rings is 2. The Labute approximate surface area is 140 Å². The third-order valence-electron chi connectivity index (χ3n) is 3.34. The van der Waals surface area contributed by atoms with Gasteiger partial charge in [-0.05, 0) is 18.6 Å². The van der Waals surface area contributed by atoms with Crippen LogP contribution in [0.15, 0.2) is 53.4 Å². The van der Waals surface area contributed by atoms with Crippen LogP contribution in [0.2, 0.25) is 0 Å². The average Bonchev–Trinajstić information content (AvgIpc) is 2.55. The zero-order chi connectivity index (χ0) is 17.6. The van der Waals surface area contributed by atoms with Crippen LogP contribution >= 0.6 is 0 Å². The van der Waals surface area contributed by atoms with Crippen LogP contribution in [-0.4, -0.2) is 26.5 Å². The van der Waals surface area contributed by atoms with Crippen molar-refractivity contribution in [3.63, 3.8) is 0 Å². The second-order valence-corrected chi connectivity index (χ2v) is 6.91. The van der Waals surface area contributed by atoms with Gasteiger partial charge in [0.15, 0.2) is 0 Å². The van der Waals surface area contributed by atoms with Crippen LogP contribution in [-0.2, 0) is 21.4 Å². The van der Waals surface area contributed by atoms with Crippen LogP contribution in [0.5, 0.6) is 0 Å². The molecule has 0 unspecified atom stereocenters. The number of nitrogens with one attached hydrogen (secondary N) is 1. The van der Waals surface area contributed by atoms with E-state index in [9.17, 15) is 18.5 Å². The Morgan fingerprint density at radius 3 is 2.54 bits per heavy atom. The first kappa shape index (κ1) is 18.1. The zero-order valence-corrected chi connectivity index (χ0v) is 14.0. The maximum Gasteiger partial charge on any atom is 0.273 e. The molecule has 0 atom stereocenters. The first-order valence-corrected chi connectivity index (χ1v) is 8.75. The van der Waals surface area contributed by atoms with Gasteiger partial charge in [0.2, 0.25) is 10.0 Å². The second-order valence-electron chi connectivity index (χ2n) is 5.14. The summed E-state index contributed by atoms with van der Waals surface area (Å²) in [6, 6.07) is 13.3. The number of hydrogen-bond donors (Lipinski definition) is 1. The predicted molar refractivity (Wildman–Crippen MR) is 89.1 cm³/mol. The first-order valence-electron chi connectivity index (χ1n) is 7.26. The van der Waals surface area contributed by atoms with E-state index in [4.69, 9.17) is 4.74 Å². The molecule has 0 saturated carbocycles. The van der Waals surface area contributed by atoms with Crippen molar-refractivity contribution in [2.75, 3.05) is 13.2 Å². The zero-order valence-electron chi connectivity index (χ0n) is 13.1. The molecule has 1 N–H and O–H groups in total. The molecule has 0 radical (unpaired) electrons. The summed E-state index contributed by atoms with van der Waals surface area (Å²) in [7, 11) is -3.81. The van der Waals surface area contributed by atoms with Crippen molar-refractivity contribution in [3.8, 4) is 0 Å². The van der Waals surface area contributed by atoms with Crippen molar-refractivity contribution in [2.45, 2.75) is 18.4 Å². The Kier molecular flexibility index (Phi) is 6.02. The SMILES string of the molecule is Cc1ccc(S(=O)(=O)NCCOCc2ccccc2)cc1[N+](=O)[O-]. The standard InChI is InChI=1S/C16H18N2O5S/c1-13-7-8-15(11-16(13)18(19)20)24(21,22)17-9-10-23-12-14-5-3-2-4-6-14/h2-8,11,17H,9-10,12H2,1H3. The molecule has 0 aliphatic carbocycles. The minimum atomic E-state index is -3.81. The summed E-state index contributed by atoms with van der Waals surface area (Å²) in [6.07, 6.45) is 0. The van der Waals surface area contributed by atoms with Gasteiger partial charge in [0.1, 0.15) is 0 Å². The topological polar surface area (TPSA) is 98.5 Å². The molecule has 2 aromatic carbocycles. The van der Waals surface area contributed by atoms with Crippen molar-refractivity contribution >= 4 is 15.7 Å². The summed E-state index contributed by atoms with van der Waals surface area (Å²) in [6.45, 7) is 2.22. The number of rotatable bonds is 8. The Balaban J connectivity index is 1.89. The number of ether oxygens (including phenoxy) is 1. The van der Waals surface area contributed by atoms with Crippen molar-refractivity contribution in [3.05, 3.63) is 69.8 Å². The lowest BCUT2D eigenvalue weighted by Crippen LogP contribution is -2.27. The Bertz CT molecular complexity index is 806. The lowest BCUT2D eigenvalue weighted by Gasteiger charge is -2.08. The maximum absolute atomic E-state index is 12.2. The van der Waals surface area contributed by atoms with E-state index in [1.807, 2.05) is 30.3 Å². The fourth-order valence-corrected chi connectivity index (χ4v) is 3.08. The molecule has 0 fully saturated rings. The molecule has 2 aromatic rings. The first-order chi connectivity index (χ1) is 11.4. The normalized spacial score (nSPS) is 11.4. The van der Waals surface area contributed by atoms with Crippen molar-refractivity contribution in [1.82, 2.24) is 4.72 Å². The molecule has 0 heterocycles. The molecule has 0 bridgehead atoms. The van der Waals surface area contributed by atoms with Gasteiger partial charge in [-0.15, -0.1) is 0 Å². The average molecular weight is 350 g/mol. The van der Waals surface area contributed by atoms with Gasteiger partial charge in [-0.1, -0.05) is 36.4 Å². The highest BCUT2D eigenvalue weighted by atomic mass is 32.2. The number of nitrogens with zero attached hydrogens (tertiary/aromatic N) is 1. The Hall–Kier alpha value is -2.29. The van der Waals surface area contributed by atoms with Gasteiger partial charge in [-0.2, -0.15) is 0 Å². The van der Waals surface area contributed by atoms with E-state index in [1.54, 1.807) is 6.92 Å². The molecule has 0 aliphatic heterocycles. The highest BCUT2D eigenvalue weighted by Gasteiger charge is 2.19. The van der Waals surface area contributed by atoms with Gasteiger partial charge in [0, 0.05) is 18.2 Å². The second kappa shape index (κ2) is 8.00. The molecule has 0 amide bonds. The molecule has 0 aliphatic rings. The van der Waals surface area contributed by atoms with Crippen molar-refractivity contribution < 1.29 is 18.1 Å². The molecule has 7 nitrogen and oxygen atoms in total. The quantitative estimate of drug-likeness (QED) is 0.448. The van der Waals surface area contributed by atoms with Crippen LogP contribution in [0.25, 0.3) is 0 Å². The van der Waals surface area contributed by atoms with Crippen LogP contribution in [0, 0.1) is 17.0 Å². The van der Waals surface area contributed by atoms with Crippen molar-refractivity contribution in [2.24, 2.45) is 0 Å². The highest BCUT2D eigenvalue weighted by molar-refractivity contribution is 7.89. The number of nitro benzene ring substituents is 1. The molecule has 8 heteroatoms. The minimum Gasteiger partial charge on any atom is -0.375 e. The Morgan fingerprint density at radius 1 is 1.17 bits per heavy atom. The largest absolute Gasteiger partial charge is 0.375 e. The molecule has 128 valence electrons. The van der Waals surface area contributed by atoms with E-state index in [2.05, 4.69) is 4.72 Å². The van der Waals surface area contributed by atoms with E-state index in [0.29, 0.717) is 12.2 Å². The van der Waals surface area contributed by atoms with Gasteiger partial charge in [0.25, 0.3) is 5.69 Å². The smallest absolute Gasteiger partial charge is 0.273 e. The summed E-state index contributed by atoms with van der Waals surface area (Å²) in [5.74, 6) is 0. The molecule has 24 heavy (non-hydrogen) atoms. The monoisotopic (exact) mass is 350 g/mol. The van der Waals surface area contributed by atoms with Gasteiger partial charge in [-0.3, -0.25) is 10.1 Å². The fourth-order valence-electron chi connectivity index (χ4n) is 2.05. The summed E-state index contributed by atoms with van der Waals surface area (Å²) in [5, 5.41) is 10.9. The predicted octanol–water partition coefficient (Wildman–Crippen LogP) is 2.40. The Morgan fingerprint density at radius 2 is 1.88 bits per heavy atom. The van der Waals surface area contributed by atoms with Gasteiger partial charge in [-0.25, -0.2) is 13.1 Å². The summed E-state index contributed by atoms with van der Waals surface area (Å²) < 4.78 is 32.1. The summed E-state index contributed by atoms with van der Waals surface area (Å²) in [5.41, 5.74) is 1.18. The molecule has 0 spiro atoms. The van der Waals surface area contributed by atoms with E-state index >= 15 is 0 Å². The third-order valence-corrected chi connectivity index (χ3v) is 4.80. The fraction of sp³-hybridized carbons (Fsp3) is 0.250. The van der Waals surface area contributed by atoms with Crippen molar-refractivity contribution in [1.29, 1.82) is 0 Å². The van der Waals surface area contributed by atoms with Crippen LogP contribution in [0.1, 0.15) is 11.1 Å². The van der Waals surface area contributed by atoms with Crippen LogP contribution < -0.4 is 4.72 Å². The van der Waals surface area contributed by atoms with Crippen LogP contribution in [0.3, 0.4) is 0 Å². The minimum absolute atomic E-state index is 0.0802. The number of aryl methyl sites for hydroxylation is 1. The number of hydrogen-bond acceptors (Lipinski definition) is 5. The number of sulfonamides is 1. The van der Waals surface area contributed by atoms with Gasteiger partial charge in [0.05, 0.1) is 23.0 Å². The van der Waals surface area contributed by atoms with E-state index in [-0.39, 0.29) is 23.7 Å². The van der Waals surface area contributed by atoms with Gasteiger partial charge < -0.3 is 4.74 Å². The lowest BCUT2D eigenvalue weighted by atomic mass is 10.2. The highest BCUT2D eigenvalue weighted by Crippen LogP contribution is 2.21. The molecule has 0 aromatic heterocycles. The maximum atomic E-state index is 12.2. The van der Waals surface area contributed by atoms with Gasteiger partial charge >= 0.3 is 0 Å². The van der Waals surface area contributed by atoms with E-state index < -0.39 is 14.9 Å². The summed E-state index contributed by atoms with van der Waals surface area (Å²) in [4.78, 5) is 10.2. The van der Waals surface area contributed by atoms with E-state index in [0.717, 1.165) is 11.6 Å². The molecule has 2 rings (SSSR count). The summed E-state index contributed by atoms with van der Waals surface area (Å²) >= 11 is 0. The van der Waals surface area contributed by atoms with E-state index in [1.165, 1.54) is 12.1 Å².